The van der Waals surface area contributed by atoms with E-state index >= 15 is 0 Å². The van der Waals surface area contributed by atoms with E-state index in [1.165, 1.54) is 16.0 Å². The maximum absolute atomic E-state index is 4.25. The van der Waals surface area contributed by atoms with Crippen molar-refractivity contribution in [3.8, 4) is 0 Å². The highest BCUT2D eigenvalue weighted by molar-refractivity contribution is 9.10. The summed E-state index contributed by atoms with van der Waals surface area (Å²) in [4.78, 5) is 5.63. The molecule has 2 rings (SSSR count). The molecule has 0 bridgehead atoms. The van der Waals surface area contributed by atoms with Gasteiger partial charge in [0.25, 0.3) is 0 Å². The molecule has 0 radical (unpaired) electrons. The van der Waals surface area contributed by atoms with E-state index in [9.17, 15) is 0 Å². The number of halogens is 1. The summed E-state index contributed by atoms with van der Waals surface area (Å²) in [6.45, 7) is 2.07. The number of hydrogen-bond donors (Lipinski definition) is 1. The van der Waals surface area contributed by atoms with Crippen molar-refractivity contribution >= 4 is 27.3 Å². The van der Waals surface area contributed by atoms with Gasteiger partial charge in [0.2, 0.25) is 0 Å². The second-order valence-electron chi connectivity index (χ2n) is 4.07. The first-order valence-electron chi connectivity index (χ1n) is 5.51. The molecule has 0 saturated heterocycles. The lowest BCUT2D eigenvalue weighted by Crippen LogP contribution is -2.18. The Morgan fingerprint density at radius 2 is 2.24 bits per heavy atom. The van der Waals surface area contributed by atoms with Crippen molar-refractivity contribution in [1.29, 1.82) is 0 Å². The summed E-state index contributed by atoms with van der Waals surface area (Å²) < 4.78 is 1.16. The van der Waals surface area contributed by atoms with Crippen LogP contribution in [0.5, 0.6) is 0 Å². The van der Waals surface area contributed by atoms with Gasteiger partial charge in [0.1, 0.15) is 0 Å². The average molecular weight is 311 g/mol. The Hall–Kier alpha value is -0.710. The summed E-state index contributed by atoms with van der Waals surface area (Å²) in [5.41, 5.74) is 2.45. The Labute approximate surface area is 114 Å². The van der Waals surface area contributed by atoms with E-state index in [1.54, 1.807) is 11.3 Å². The van der Waals surface area contributed by atoms with Gasteiger partial charge in [0.05, 0.1) is 0 Å². The molecule has 0 saturated carbocycles. The van der Waals surface area contributed by atoms with Crippen LogP contribution in [0.2, 0.25) is 0 Å². The zero-order valence-electron chi connectivity index (χ0n) is 9.90. The van der Waals surface area contributed by atoms with Gasteiger partial charge in [-0.05, 0) is 47.1 Å². The van der Waals surface area contributed by atoms with Gasteiger partial charge in [0.15, 0.2) is 0 Å². The maximum Gasteiger partial charge on any atom is 0.0381 e. The molecule has 0 spiro atoms. The largest absolute Gasteiger partial charge is 0.313 e. The van der Waals surface area contributed by atoms with E-state index in [0.717, 1.165) is 10.9 Å². The Morgan fingerprint density at radius 1 is 1.41 bits per heavy atom. The zero-order valence-corrected chi connectivity index (χ0v) is 12.3. The Morgan fingerprint density at radius 3 is 2.82 bits per heavy atom. The first kappa shape index (κ1) is 12.7. The van der Waals surface area contributed by atoms with Crippen LogP contribution >= 0.6 is 27.3 Å². The summed E-state index contributed by atoms with van der Waals surface area (Å²) in [5, 5.41) is 5.48. The topological polar surface area (TPSA) is 24.9 Å². The summed E-state index contributed by atoms with van der Waals surface area (Å²) in [7, 11) is 2.00. The highest BCUT2D eigenvalue weighted by Crippen LogP contribution is 2.25. The number of aryl methyl sites for hydroxylation is 1. The fourth-order valence-corrected chi connectivity index (χ4v) is 3.32. The van der Waals surface area contributed by atoms with Crippen LogP contribution in [0.4, 0.5) is 0 Å². The average Bonchev–Trinajstić information content (AvgIpc) is 2.72. The van der Waals surface area contributed by atoms with Gasteiger partial charge in [-0.3, -0.25) is 4.98 Å². The van der Waals surface area contributed by atoms with Crippen LogP contribution in [0.15, 0.2) is 34.4 Å². The van der Waals surface area contributed by atoms with E-state index in [2.05, 4.69) is 50.7 Å². The van der Waals surface area contributed by atoms with Crippen LogP contribution in [0.1, 0.15) is 22.0 Å². The van der Waals surface area contributed by atoms with E-state index in [0.29, 0.717) is 6.04 Å². The predicted molar refractivity (Wildman–Crippen MR) is 76.5 cm³/mol. The van der Waals surface area contributed by atoms with Crippen molar-refractivity contribution in [3.05, 3.63) is 50.4 Å². The second kappa shape index (κ2) is 5.76. The van der Waals surface area contributed by atoms with Crippen molar-refractivity contribution in [3.63, 3.8) is 0 Å². The number of thiophene rings is 1. The molecule has 0 fully saturated rings. The van der Waals surface area contributed by atoms with Crippen LogP contribution in [0, 0.1) is 6.92 Å². The van der Waals surface area contributed by atoms with E-state index in [4.69, 9.17) is 0 Å². The van der Waals surface area contributed by atoms with Gasteiger partial charge in [-0.25, -0.2) is 0 Å². The van der Waals surface area contributed by atoms with Crippen molar-refractivity contribution < 1.29 is 0 Å². The van der Waals surface area contributed by atoms with Crippen molar-refractivity contribution in [2.45, 2.75) is 19.4 Å². The SMILES string of the molecule is CNC(Cc1cc(Br)cs1)c1cncc(C)c1. The summed E-state index contributed by atoms with van der Waals surface area (Å²) in [5.74, 6) is 0. The van der Waals surface area contributed by atoms with Crippen molar-refractivity contribution in [2.75, 3.05) is 7.05 Å². The van der Waals surface area contributed by atoms with Gasteiger partial charge in [-0.15, -0.1) is 11.3 Å². The number of pyridine rings is 1. The molecule has 1 N–H and O–H groups in total. The third kappa shape index (κ3) is 3.37. The van der Waals surface area contributed by atoms with Crippen LogP contribution in [-0.4, -0.2) is 12.0 Å². The molecule has 0 aliphatic carbocycles. The highest BCUT2D eigenvalue weighted by Gasteiger charge is 2.11. The van der Waals surface area contributed by atoms with Gasteiger partial charge < -0.3 is 5.32 Å². The van der Waals surface area contributed by atoms with Crippen molar-refractivity contribution in [2.24, 2.45) is 0 Å². The van der Waals surface area contributed by atoms with Crippen LogP contribution in [0.25, 0.3) is 0 Å². The number of nitrogens with one attached hydrogen (secondary N) is 1. The van der Waals surface area contributed by atoms with Crippen LogP contribution in [0.3, 0.4) is 0 Å². The molecule has 1 unspecified atom stereocenters. The third-order valence-electron chi connectivity index (χ3n) is 2.67. The molecule has 17 heavy (non-hydrogen) atoms. The number of likely N-dealkylation sites (N-methyl/N-ethyl adjacent to an activating group) is 1. The first-order valence-corrected chi connectivity index (χ1v) is 7.18. The number of hydrogen-bond acceptors (Lipinski definition) is 3. The lowest BCUT2D eigenvalue weighted by atomic mass is 10.0. The monoisotopic (exact) mass is 310 g/mol. The molecular weight excluding hydrogens is 296 g/mol. The minimum absolute atomic E-state index is 0.327. The number of nitrogens with zero attached hydrogens (tertiary/aromatic N) is 1. The molecule has 90 valence electrons. The normalized spacial score (nSPS) is 12.6. The number of rotatable bonds is 4. The molecule has 4 heteroatoms. The third-order valence-corrected chi connectivity index (χ3v) is 4.39. The molecule has 2 heterocycles. The molecular formula is C13H15BrN2S. The Bertz CT molecular complexity index is 496. The molecule has 1 atom stereocenters. The van der Waals surface area contributed by atoms with E-state index < -0.39 is 0 Å². The fourth-order valence-electron chi connectivity index (χ4n) is 1.82. The molecule has 2 aromatic heterocycles. The van der Waals surface area contributed by atoms with Crippen LogP contribution in [-0.2, 0) is 6.42 Å². The molecule has 0 aromatic carbocycles. The van der Waals surface area contributed by atoms with Gasteiger partial charge in [-0.2, -0.15) is 0 Å². The molecule has 0 aliphatic heterocycles. The predicted octanol–water partition coefficient (Wildman–Crippen LogP) is 3.72. The lowest BCUT2D eigenvalue weighted by Gasteiger charge is -2.15. The first-order chi connectivity index (χ1) is 8.19. The molecule has 0 aliphatic rings. The summed E-state index contributed by atoms with van der Waals surface area (Å²) >= 11 is 5.27. The molecule has 2 nitrogen and oxygen atoms in total. The van der Waals surface area contributed by atoms with Crippen LogP contribution < -0.4 is 5.32 Å². The minimum atomic E-state index is 0.327. The van der Waals surface area contributed by atoms with Gasteiger partial charge in [0, 0.05) is 39.6 Å². The quantitative estimate of drug-likeness (QED) is 0.931. The van der Waals surface area contributed by atoms with E-state index in [-0.39, 0.29) is 0 Å². The molecule has 0 amide bonds. The number of aromatic nitrogens is 1. The smallest absolute Gasteiger partial charge is 0.0381 e. The molecule has 2 aromatic rings. The zero-order chi connectivity index (χ0) is 12.3. The minimum Gasteiger partial charge on any atom is -0.313 e. The highest BCUT2D eigenvalue weighted by atomic mass is 79.9. The van der Waals surface area contributed by atoms with Gasteiger partial charge in [-0.1, -0.05) is 6.07 Å². The fraction of sp³-hybridized carbons (Fsp3) is 0.308. The Kier molecular flexibility index (Phi) is 4.31. The second-order valence-corrected chi connectivity index (χ2v) is 5.98. The maximum atomic E-state index is 4.25. The summed E-state index contributed by atoms with van der Waals surface area (Å²) in [6, 6.07) is 4.70. The van der Waals surface area contributed by atoms with Crippen molar-refractivity contribution in [1.82, 2.24) is 10.3 Å². The lowest BCUT2D eigenvalue weighted by molar-refractivity contribution is 0.594. The van der Waals surface area contributed by atoms with Gasteiger partial charge >= 0.3 is 0 Å². The van der Waals surface area contributed by atoms with E-state index in [1.807, 2.05) is 19.4 Å². The Balaban J connectivity index is 2.16. The standard InChI is InChI=1S/C13H15BrN2S/c1-9-3-10(7-16-6-9)13(15-2)5-12-4-11(14)8-17-12/h3-4,6-8,13,15H,5H2,1-2H3. The summed E-state index contributed by atoms with van der Waals surface area (Å²) in [6.07, 6.45) is 4.83.